The quantitative estimate of drug-likeness (QED) is 0.591. The molecule has 0 spiro atoms. The molecule has 0 saturated carbocycles. The molecular formula is C12H12N2O. The molecule has 3 heteroatoms. The lowest BCUT2D eigenvalue weighted by Gasteiger charge is -2.09. The van der Waals surface area contributed by atoms with Gasteiger partial charge in [0.05, 0.1) is 5.69 Å². The summed E-state index contributed by atoms with van der Waals surface area (Å²) in [5.74, 6) is 6.88. The maximum atomic E-state index is 5.66. The van der Waals surface area contributed by atoms with Crippen molar-refractivity contribution in [2.24, 2.45) is 5.84 Å². The van der Waals surface area contributed by atoms with Crippen LogP contribution in [0.15, 0.2) is 54.6 Å². The minimum atomic E-state index is 0.714. The fourth-order valence-corrected chi connectivity index (χ4v) is 1.29. The molecule has 0 saturated heterocycles. The van der Waals surface area contributed by atoms with E-state index in [9.17, 15) is 0 Å². The van der Waals surface area contributed by atoms with Gasteiger partial charge in [-0.1, -0.05) is 30.3 Å². The Hall–Kier alpha value is -2.00. The van der Waals surface area contributed by atoms with Crippen LogP contribution in [-0.2, 0) is 0 Å². The third-order valence-electron chi connectivity index (χ3n) is 2.01. The Morgan fingerprint density at radius 1 is 0.867 bits per heavy atom. The predicted octanol–water partition coefficient (Wildman–Crippen LogP) is 2.76. The molecule has 0 atom stereocenters. The van der Waals surface area contributed by atoms with Crippen LogP contribution in [0.5, 0.6) is 11.5 Å². The average molecular weight is 200 g/mol. The molecule has 0 unspecified atom stereocenters. The summed E-state index contributed by atoms with van der Waals surface area (Å²) < 4.78 is 5.66. The zero-order valence-corrected chi connectivity index (χ0v) is 8.18. The van der Waals surface area contributed by atoms with Crippen molar-refractivity contribution in [3.8, 4) is 11.5 Å². The van der Waals surface area contributed by atoms with Crippen molar-refractivity contribution in [3.05, 3.63) is 54.6 Å². The van der Waals surface area contributed by atoms with E-state index < -0.39 is 0 Å². The van der Waals surface area contributed by atoms with Crippen LogP contribution in [0.2, 0.25) is 0 Å². The minimum absolute atomic E-state index is 0.714. The molecule has 2 rings (SSSR count). The number of benzene rings is 2. The van der Waals surface area contributed by atoms with Gasteiger partial charge in [-0.25, -0.2) is 0 Å². The van der Waals surface area contributed by atoms with E-state index in [1.807, 2.05) is 54.6 Å². The van der Waals surface area contributed by atoms with Crippen LogP contribution in [-0.4, -0.2) is 0 Å². The van der Waals surface area contributed by atoms with Crippen LogP contribution in [0, 0.1) is 0 Å². The number of hydrogen-bond donors (Lipinski definition) is 2. The highest BCUT2D eigenvalue weighted by Crippen LogP contribution is 2.27. The Balaban J connectivity index is 2.24. The fraction of sp³-hybridized carbons (Fsp3) is 0. The summed E-state index contributed by atoms with van der Waals surface area (Å²) in [5.41, 5.74) is 3.36. The van der Waals surface area contributed by atoms with E-state index in [1.54, 1.807) is 0 Å². The van der Waals surface area contributed by atoms with Crippen molar-refractivity contribution in [1.29, 1.82) is 0 Å². The molecule has 0 radical (unpaired) electrons. The normalized spacial score (nSPS) is 9.67. The van der Waals surface area contributed by atoms with Crippen molar-refractivity contribution in [1.82, 2.24) is 0 Å². The summed E-state index contributed by atoms with van der Waals surface area (Å²) in [4.78, 5) is 0. The molecule has 3 N–H and O–H groups in total. The molecule has 0 bridgehead atoms. The van der Waals surface area contributed by atoms with E-state index >= 15 is 0 Å². The number of rotatable bonds is 3. The van der Waals surface area contributed by atoms with Gasteiger partial charge in [-0.3, -0.25) is 5.84 Å². The molecule has 0 heterocycles. The Labute approximate surface area is 88.5 Å². The van der Waals surface area contributed by atoms with Gasteiger partial charge in [0.2, 0.25) is 0 Å². The van der Waals surface area contributed by atoms with Gasteiger partial charge in [0.1, 0.15) is 5.75 Å². The lowest BCUT2D eigenvalue weighted by atomic mass is 10.3. The number of anilines is 1. The minimum Gasteiger partial charge on any atom is -0.455 e. The molecule has 76 valence electrons. The van der Waals surface area contributed by atoms with Crippen LogP contribution in [0.1, 0.15) is 0 Å². The van der Waals surface area contributed by atoms with Crippen molar-refractivity contribution >= 4 is 5.69 Å². The Morgan fingerprint density at radius 3 is 2.27 bits per heavy atom. The molecule has 2 aromatic rings. The van der Waals surface area contributed by atoms with Crippen LogP contribution in [0.25, 0.3) is 0 Å². The topological polar surface area (TPSA) is 47.3 Å². The molecule has 3 nitrogen and oxygen atoms in total. The first-order valence-electron chi connectivity index (χ1n) is 4.68. The van der Waals surface area contributed by atoms with Crippen LogP contribution >= 0.6 is 0 Å². The monoisotopic (exact) mass is 200 g/mol. The van der Waals surface area contributed by atoms with Gasteiger partial charge in [-0.05, 0) is 24.3 Å². The molecule has 0 aliphatic heterocycles. The van der Waals surface area contributed by atoms with Crippen molar-refractivity contribution in [2.75, 3.05) is 5.43 Å². The highest BCUT2D eigenvalue weighted by molar-refractivity contribution is 5.56. The highest BCUT2D eigenvalue weighted by atomic mass is 16.5. The van der Waals surface area contributed by atoms with Crippen LogP contribution in [0.4, 0.5) is 5.69 Å². The first-order valence-corrected chi connectivity index (χ1v) is 4.68. The average Bonchev–Trinajstić information content (AvgIpc) is 2.31. The van der Waals surface area contributed by atoms with Gasteiger partial charge in [0.25, 0.3) is 0 Å². The van der Waals surface area contributed by atoms with Crippen molar-refractivity contribution < 1.29 is 4.74 Å². The van der Waals surface area contributed by atoms with Gasteiger partial charge >= 0.3 is 0 Å². The van der Waals surface area contributed by atoms with E-state index in [4.69, 9.17) is 10.6 Å². The van der Waals surface area contributed by atoms with Gasteiger partial charge in [-0.15, -0.1) is 0 Å². The summed E-state index contributed by atoms with van der Waals surface area (Å²) in [6, 6.07) is 17.1. The summed E-state index contributed by atoms with van der Waals surface area (Å²) >= 11 is 0. The number of hydrazine groups is 1. The molecule has 0 aliphatic rings. The SMILES string of the molecule is NNc1ccccc1Oc1ccccc1. The number of ether oxygens (including phenoxy) is 1. The molecule has 0 aliphatic carbocycles. The maximum absolute atomic E-state index is 5.66. The van der Waals surface area contributed by atoms with Gasteiger partial charge in [0.15, 0.2) is 5.75 Å². The second-order valence-corrected chi connectivity index (χ2v) is 3.06. The number of nitrogens with two attached hydrogens (primary N) is 1. The molecule has 0 fully saturated rings. The van der Waals surface area contributed by atoms with E-state index in [0.717, 1.165) is 11.4 Å². The first-order chi connectivity index (χ1) is 7.40. The smallest absolute Gasteiger partial charge is 0.151 e. The Bertz CT molecular complexity index is 429. The zero-order chi connectivity index (χ0) is 10.5. The molecule has 2 aromatic carbocycles. The summed E-state index contributed by atoms with van der Waals surface area (Å²) in [5, 5.41) is 0. The van der Waals surface area contributed by atoms with Crippen molar-refractivity contribution in [3.63, 3.8) is 0 Å². The molecule has 0 aromatic heterocycles. The van der Waals surface area contributed by atoms with E-state index in [0.29, 0.717) is 5.75 Å². The van der Waals surface area contributed by atoms with E-state index in [2.05, 4.69) is 5.43 Å². The van der Waals surface area contributed by atoms with Gasteiger partial charge in [0, 0.05) is 0 Å². The Morgan fingerprint density at radius 2 is 1.53 bits per heavy atom. The predicted molar refractivity (Wildman–Crippen MR) is 60.8 cm³/mol. The third-order valence-corrected chi connectivity index (χ3v) is 2.01. The Kier molecular flexibility index (Phi) is 2.85. The second kappa shape index (κ2) is 4.48. The first kappa shape index (κ1) is 9.55. The second-order valence-electron chi connectivity index (χ2n) is 3.06. The summed E-state index contributed by atoms with van der Waals surface area (Å²) in [6.45, 7) is 0. The standard InChI is InChI=1S/C12H12N2O/c13-14-11-8-4-5-9-12(11)15-10-6-2-1-3-7-10/h1-9,14H,13H2. The largest absolute Gasteiger partial charge is 0.455 e. The number of hydrogen-bond acceptors (Lipinski definition) is 3. The number of nitrogens with one attached hydrogen (secondary N) is 1. The summed E-state index contributed by atoms with van der Waals surface area (Å²) in [6.07, 6.45) is 0. The van der Waals surface area contributed by atoms with E-state index in [1.165, 1.54) is 0 Å². The number of para-hydroxylation sites is 3. The molecule has 15 heavy (non-hydrogen) atoms. The van der Waals surface area contributed by atoms with Crippen LogP contribution in [0.3, 0.4) is 0 Å². The van der Waals surface area contributed by atoms with Gasteiger partial charge < -0.3 is 10.2 Å². The highest BCUT2D eigenvalue weighted by Gasteiger charge is 2.01. The van der Waals surface area contributed by atoms with Crippen LogP contribution < -0.4 is 16.0 Å². The molecular weight excluding hydrogens is 188 g/mol. The number of nitrogen functional groups attached to an aromatic ring is 1. The molecule has 0 amide bonds. The zero-order valence-electron chi connectivity index (χ0n) is 8.18. The lowest BCUT2D eigenvalue weighted by Crippen LogP contribution is -2.07. The van der Waals surface area contributed by atoms with Crippen molar-refractivity contribution in [2.45, 2.75) is 0 Å². The van der Waals surface area contributed by atoms with Gasteiger partial charge in [-0.2, -0.15) is 0 Å². The third kappa shape index (κ3) is 2.27. The van der Waals surface area contributed by atoms with E-state index in [-0.39, 0.29) is 0 Å². The lowest BCUT2D eigenvalue weighted by molar-refractivity contribution is 0.484. The fourth-order valence-electron chi connectivity index (χ4n) is 1.29. The maximum Gasteiger partial charge on any atom is 0.151 e. The summed E-state index contributed by atoms with van der Waals surface area (Å²) in [7, 11) is 0.